The highest BCUT2D eigenvalue weighted by Crippen LogP contribution is 2.39. The molecule has 0 atom stereocenters. The van der Waals surface area contributed by atoms with Crippen LogP contribution in [0.3, 0.4) is 0 Å². The summed E-state index contributed by atoms with van der Waals surface area (Å²) >= 11 is 5.66. The van der Waals surface area contributed by atoms with Crippen LogP contribution < -0.4 is 15.3 Å². The molecule has 0 aliphatic rings. The second-order valence-corrected chi connectivity index (χ2v) is 19.8. The Morgan fingerprint density at radius 2 is 1.10 bits per heavy atom. The Kier molecular flexibility index (Phi) is 19.2. The van der Waals surface area contributed by atoms with Crippen molar-refractivity contribution in [1.82, 2.24) is 48.7 Å². The monoisotopic (exact) mass is 1180 g/mol. The molecule has 0 saturated carbocycles. The summed E-state index contributed by atoms with van der Waals surface area (Å²) in [5.41, 5.74) is 7.26. The lowest BCUT2D eigenvalue weighted by atomic mass is 9.82. The zero-order chi connectivity index (χ0) is 56.5. The molecule has 0 fully saturated rings. The van der Waals surface area contributed by atoms with Crippen LogP contribution >= 0.6 is 38.6 Å². The molecule has 10 aromatic rings. The van der Waals surface area contributed by atoms with Crippen molar-refractivity contribution in [3.05, 3.63) is 159 Å². The number of thiazole rings is 2. The van der Waals surface area contributed by atoms with Gasteiger partial charge in [0.15, 0.2) is 10.3 Å². The van der Waals surface area contributed by atoms with E-state index in [0.29, 0.717) is 72.3 Å². The number of benzene rings is 2. The number of hydrogen-bond donors (Lipinski definition) is 3. The zero-order valence-corrected chi connectivity index (χ0v) is 45.8. The molecule has 0 bridgehead atoms. The molecule has 0 radical (unpaired) electrons. The number of hydrogen-bond acceptors (Lipinski definition) is 19. The highest BCUT2D eigenvalue weighted by Gasteiger charge is 2.25. The molecule has 8 heterocycles. The number of aromatic nitrogens is 10. The molecule has 80 heavy (non-hydrogen) atoms. The molecule has 26 heteroatoms. The number of carbonyl (C=O) groups excluding carboxylic acids is 1. The lowest BCUT2D eigenvalue weighted by Crippen LogP contribution is -2.30. The van der Waals surface area contributed by atoms with E-state index >= 15 is 0 Å². The third-order valence-electron chi connectivity index (χ3n) is 11.7. The number of carboxylic acids is 1. The van der Waals surface area contributed by atoms with Gasteiger partial charge in [0.05, 0.1) is 23.0 Å². The molecule has 0 amide bonds. The molecule has 0 unspecified atom stereocenters. The van der Waals surface area contributed by atoms with Crippen LogP contribution in [0.1, 0.15) is 54.1 Å². The maximum absolute atomic E-state index is 13.4. The lowest BCUT2D eigenvalue weighted by molar-refractivity contribution is -0.140. The van der Waals surface area contributed by atoms with Gasteiger partial charge in [-0.05, 0) is 101 Å². The van der Waals surface area contributed by atoms with Crippen LogP contribution in [0.2, 0.25) is 0 Å². The molecule has 2 aromatic carbocycles. The second kappa shape index (κ2) is 26.2. The van der Waals surface area contributed by atoms with Crippen LogP contribution in [-0.4, -0.2) is 104 Å². The summed E-state index contributed by atoms with van der Waals surface area (Å²) in [6, 6.07) is 23.3. The SMILES string of the molecule is C.CCc1nc2ccc(-c3cnc(CC(=O)O)nc3)cn2c1N(C)c1nc(-c2ccc(F)cc2)c(C#N)s1.CCc1nc2ccc(B(O)O)cn2c1N(C)c1nc(-c2ccc(F)cc2)c(C#N)s1.COC(=O)Cc1ncc(Br)cn1. The van der Waals surface area contributed by atoms with Crippen molar-refractivity contribution in [3.63, 3.8) is 0 Å². The van der Waals surface area contributed by atoms with E-state index in [2.05, 4.69) is 62.7 Å². The Morgan fingerprint density at radius 1 is 0.662 bits per heavy atom. The maximum Gasteiger partial charge on any atom is 0.489 e. The normalized spacial score (nSPS) is 10.6. The van der Waals surface area contributed by atoms with Crippen LogP contribution in [0.5, 0.6) is 0 Å². The van der Waals surface area contributed by atoms with Gasteiger partial charge in [-0.1, -0.05) is 50.0 Å². The molecular formula is C54H48BBrF2N14O6S2. The summed E-state index contributed by atoms with van der Waals surface area (Å²) < 4.78 is 35.7. The Labute approximate surface area is 473 Å². The minimum atomic E-state index is -1.60. The van der Waals surface area contributed by atoms with Crippen LogP contribution in [0.25, 0.3) is 44.9 Å². The standard InChI is InChI=1S/C26H20FN7O2S.C20H17BFN5O2S.C7H7BrN2O2.CH4/c1-3-19-25(33(2)26-32-24(20(11-28)37-26)15-4-7-18(27)8-5-15)34-14-16(6-9-22(34)31-19)17-12-29-21(30-13-17)10-23(35)36;1-3-15-19(27-11-13(21(28)29)6-9-17(27)24-15)26(2)20-25-18(16(10-23)30-20)12-4-7-14(22)8-5-12;1-12-7(11)2-6-9-3-5(8)4-10-6;/h4-9,12-14H,3,10H2,1-2H3,(H,35,36);4-9,11,28-29H,3H2,1-2H3;3-4H,2H2,1H3;1H4. The first-order valence-corrected chi connectivity index (χ1v) is 26.2. The van der Waals surface area contributed by atoms with E-state index in [1.165, 1.54) is 54.0 Å². The van der Waals surface area contributed by atoms with Gasteiger partial charge < -0.3 is 29.7 Å². The van der Waals surface area contributed by atoms with Crippen molar-refractivity contribution in [3.8, 4) is 45.8 Å². The van der Waals surface area contributed by atoms with E-state index in [0.717, 1.165) is 44.3 Å². The number of nitrogens with zero attached hydrogens (tertiary/aromatic N) is 14. The van der Waals surface area contributed by atoms with Crippen LogP contribution in [0.15, 0.2) is 114 Å². The van der Waals surface area contributed by atoms with Crippen molar-refractivity contribution >= 4 is 96.3 Å². The highest BCUT2D eigenvalue weighted by atomic mass is 79.9. The van der Waals surface area contributed by atoms with E-state index in [4.69, 9.17) is 15.1 Å². The zero-order valence-electron chi connectivity index (χ0n) is 42.6. The molecule has 0 aliphatic carbocycles. The van der Waals surface area contributed by atoms with Gasteiger partial charge in [-0.25, -0.2) is 48.7 Å². The van der Waals surface area contributed by atoms with Crippen molar-refractivity contribution < 1.29 is 38.3 Å². The maximum atomic E-state index is 13.4. The lowest BCUT2D eigenvalue weighted by Gasteiger charge is -2.17. The number of carboxylic acid groups (broad SMARTS) is 1. The topological polar surface area (TPSA) is 270 Å². The van der Waals surface area contributed by atoms with E-state index < -0.39 is 13.1 Å². The number of rotatable bonds is 14. The average Bonchev–Trinajstić information content (AvgIpc) is 4.34. The highest BCUT2D eigenvalue weighted by molar-refractivity contribution is 9.10. The number of fused-ring (bicyclic) bond motifs is 2. The molecule has 0 spiro atoms. The van der Waals surface area contributed by atoms with Gasteiger partial charge in [0.2, 0.25) is 0 Å². The molecule has 8 aromatic heterocycles. The number of pyridine rings is 2. The first-order valence-electron chi connectivity index (χ1n) is 23.8. The van der Waals surface area contributed by atoms with Crippen LogP contribution in [0.4, 0.5) is 30.7 Å². The Balaban J connectivity index is 0.000000192. The van der Waals surface area contributed by atoms with Crippen LogP contribution in [0, 0.1) is 34.3 Å². The molecule has 10 rings (SSSR count). The van der Waals surface area contributed by atoms with Crippen molar-refractivity contribution in [2.24, 2.45) is 0 Å². The number of ether oxygens (including phenoxy) is 1. The summed E-state index contributed by atoms with van der Waals surface area (Å²) in [6.07, 6.45) is 11.1. The summed E-state index contributed by atoms with van der Waals surface area (Å²) in [7, 11) is 3.42. The molecule has 0 aliphatic heterocycles. The number of aryl methyl sites for hydroxylation is 2. The second-order valence-electron chi connectivity index (χ2n) is 16.9. The first-order chi connectivity index (χ1) is 38.0. The number of anilines is 4. The Hall–Kier alpha value is -8.92. The van der Waals surface area contributed by atoms with Gasteiger partial charge in [-0.15, -0.1) is 0 Å². The first kappa shape index (κ1) is 58.8. The minimum Gasteiger partial charge on any atom is -0.481 e. The number of esters is 1. The summed E-state index contributed by atoms with van der Waals surface area (Å²) in [4.78, 5) is 61.2. The smallest absolute Gasteiger partial charge is 0.481 e. The predicted octanol–water partition coefficient (Wildman–Crippen LogP) is 8.95. The van der Waals surface area contributed by atoms with E-state index in [9.17, 15) is 38.9 Å². The molecular weight excluding hydrogens is 1130 g/mol. The Morgan fingerprint density at radius 3 is 1.54 bits per heavy atom. The molecule has 20 nitrogen and oxygen atoms in total. The fraction of sp³-hybridized carbons (Fsp3) is 0.185. The van der Waals surface area contributed by atoms with E-state index in [-0.39, 0.29) is 43.7 Å². The fourth-order valence-corrected chi connectivity index (χ4v) is 9.79. The van der Waals surface area contributed by atoms with E-state index in [1.807, 2.05) is 60.5 Å². The number of nitriles is 2. The van der Waals surface area contributed by atoms with Gasteiger partial charge >= 0.3 is 19.1 Å². The van der Waals surface area contributed by atoms with Gasteiger partial charge in [0.25, 0.3) is 0 Å². The fourth-order valence-electron chi connectivity index (χ4n) is 7.89. The molecule has 0 saturated heterocycles. The number of methoxy groups -OCH3 is 1. The molecule has 3 N–H and O–H groups in total. The predicted molar refractivity (Wildman–Crippen MR) is 304 cm³/mol. The van der Waals surface area contributed by atoms with Crippen molar-refractivity contribution in [2.75, 3.05) is 31.0 Å². The van der Waals surface area contributed by atoms with Gasteiger partial charge in [-0.2, -0.15) is 10.5 Å². The minimum absolute atomic E-state index is 0. The quantitative estimate of drug-likeness (QED) is 0.0677. The summed E-state index contributed by atoms with van der Waals surface area (Å²) in [5, 5.41) is 48.5. The van der Waals surface area contributed by atoms with Gasteiger partial charge in [0.1, 0.15) is 92.3 Å². The Bertz CT molecular complexity index is 3900. The van der Waals surface area contributed by atoms with Gasteiger partial charge in [-0.3, -0.25) is 18.4 Å². The van der Waals surface area contributed by atoms with E-state index in [1.54, 1.807) is 71.8 Å². The van der Waals surface area contributed by atoms with Crippen LogP contribution in [-0.2, 0) is 40.0 Å². The number of carbonyl (C=O) groups is 2. The van der Waals surface area contributed by atoms with Crippen molar-refractivity contribution in [1.29, 1.82) is 10.5 Å². The third-order valence-corrected chi connectivity index (χ3v) is 14.2. The number of halogens is 3. The molecule has 406 valence electrons. The summed E-state index contributed by atoms with van der Waals surface area (Å²) in [6.45, 7) is 4.00. The summed E-state index contributed by atoms with van der Waals surface area (Å²) in [5.74, 6) is 0.184. The third kappa shape index (κ3) is 13.3. The number of aliphatic carboxylic acids is 1. The van der Waals surface area contributed by atoms with Crippen molar-refractivity contribution in [2.45, 2.75) is 47.0 Å². The number of imidazole rings is 2. The largest absolute Gasteiger partial charge is 0.489 e. The van der Waals surface area contributed by atoms with Gasteiger partial charge in [0, 0.05) is 73.5 Å². The average molecular weight is 1180 g/mol.